The molecular weight excluding hydrogens is 210 g/mol. The SMILES string of the molecule is CC(C)CC(O)CNC1CCCC(C)(C)CC1. The molecule has 0 bridgehead atoms. The first kappa shape index (κ1) is 15.0. The molecule has 2 heteroatoms. The molecule has 0 aromatic rings. The van der Waals surface area contributed by atoms with Gasteiger partial charge in [0.2, 0.25) is 0 Å². The number of aliphatic hydroxyl groups is 1. The van der Waals surface area contributed by atoms with Gasteiger partial charge in [-0.3, -0.25) is 0 Å². The van der Waals surface area contributed by atoms with Crippen LogP contribution < -0.4 is 5.32 Å². The van der Waals surface area contributed by atoms with E-state index in [1.165, 1.54) is 32.1 Å². The van der Waals surface area contributed by atoms with Crippen LogP contribution in [0.5, 0.6) is 0 Å². The van der Waals surface area contributed by atoms with Crippen molar-refractivity contribution in [3.8, 4) is 0 Å². The summed E-state index contributed by atoms with van der Waals surface area (Å²) in [5.74, 6) is 0.583. The van der Waals surface area contributed by atoms with Crippen molar-refractivity contribution in [2.75, 3.05) is 6.54 Å². The van der Waals surface area contributed by atoms with Crippen LogP contribution in [0.4, 0.5) is 0 Å². The monoisotopic (exact) mass is 241 g/mol. The Kier molecular flexibility index (Phi) is 5.94. The Morgan fingerprint density at radius 2 is 1.94 bits per heavy atom. The molecule has 2 nitrogen and oxygen atoms in total. The fourth-order valence-electron chi connectivity index (χ4n) is 2.80. The average molecular weight is 241 g/mol. The van der Waals surface area contributed by atoms with Crippen molar-refractivity contribution in [1.82, 2.24) is 5.32 Å². The summed E-state index contributed by atoms with van der Waals surface area (Å²) in [6.07, 6.45) is 7.26. The Labute approximate surface area is 107 Å². The lowest BCUT2D eigenvalue weighted by Crippen LogP contribution is -2.36. The van der Waals surface area contributed by atoms with Crippen LogP contribution in [0.15, 0.2) is 0 Å². The molecular formula is C15H31NO. The van der Waals surface area contributed by atoms with Gasteiger partial charge < -0.3 is 10.4 Å². The zero-order valence-corrected chi connectivity index (χ0v) is 12.1. The summed E-state index contributed by atoms with van der Waals surface area (Å²) in [6.45, 7) is 9.85. The maximum absolute atomic E-state index is 9.86. The highest BCUT2D eigenvalue weighted by molar-refractivity contribution is 4.80. The molecule has 1 rings (SSSR count). The molecule has 0 aliphatic heterocycles. The number of hydrogen-bond donors (Lipinski definition) is 2. The average Bonchev–Trinajstić information content (AvgIpc) is 2.35. The van der Waals surface area contributed by atoms with E-state index in [2.05, 4.69) is 33.0 Å². The summed E-state index contributed by atoms with van der Waals surface area (Å²) in [5, 5.41) is 13.4. The van der Waals surface area contributed by atoms with Crippen LogP contribution >= 0.6 is 0 Å². The third kappa shape index (κ3) is 6.42. The number of nitrogens with one attached hydrogen (secondary N) is 1. The smallest absolute Gasteiger partial charge is 0.0667 e. The number of rotatable bonds is 5. The highest BCUT2D eigenvalue weighted by atomic mass is 16.3. The third-order valence-electron chi connectivity index (χ3n) is 3.96. The van der Waals surface area contributed by atoms with E-state index < -0.39 is 0 Å². The van der Waals surface area contributed by atoms with Crippen LogP contribution in [-0.4, -0.2) is 23.8 Å². The van der Waals surface area contributed by atoms with Gasteiger partial charge in [0.05, 0.1) is 6.10 Å². The summed E-state index contributed by atoms with van der Waals surface area (Å²) in [7, 11) is 0. The van der Waals surface area contributed by atoms with Gasteiger partial charge in [-0.05, 0) is 43.4 Å². The van der Waals surface area contributed by atoms with E-state index in [0.717, 1.165) is 13.0 Å². The molecule has 2 atom stereocenters. The van der Waals surface area contributed by atoms with Gasteiger partial charge in [0.25, 0.3) is 0 Å². The van der Waals surface area contributed by atoms with Gasteiger partial charge in [0, 0.05) is 12.6 Å². The van der Waals surface area contributed by atoms with E-state index in [0.29, 0.717) is 17.4 Å². The maximum atomic E-state index is 9.86. The van der Waals surface area contributed by atoms with Gasteiger partial charge >= 0.3 is 0 Å². The van der Waals surface area contributed by atoms with E-state index in [1.807, 2.05) is 0 Å². The predicted octanol–water partition coefficient (Wildman–Crippen LogP) is 3.34. The standard InChI is InChI=1S/C15H31NO/c1-12(2)10-14(17)11-16-13-6-5-8-15(3,4)9-7-13/h12-14,16-17H,5-11H2,1-4H3. The third-order valence-corrected chi connectivity index (χ3v) is 3.96. The molecule has 0 aromatic carbocycles. The minimum Gasteiger partial charge on any atom is -0.392 e. The van der Waals surface area contributed by atoms with Crippen LogP contribution in [0.3, 0.4) is 0 Å². The molecule has 0 heterocycles. The molecule has 1 aliphatic carbocycles. The highest BCUT2D eigenvalue weighted by Crippen LogP contribution is 2.33. The van der Waals surface area contributed by atoms with Gasteiger partial charge in [-0.15, -0.1) is 0 Å². The first-order chi connectivity index (χ1) is 7.89. The largest absolute Gasteiger partial charge is 0.392 e. The number of hydrogen-bond acceptors (Lipinski definition) is 2. The second-order valence-corrected chi connectivity index (χ2v) is 6.98. The Morgan fingerprint density at radius 3 is 2.59 bits per heavy atom. The van der Waals surface area contributed by atoms with Gasteiger partial charge in [-0.1, -0.05) is 34.1 Å². The van der Waals surface area contributed by atoms with Gasteiger partial charge in [-0.25, -0.2) is 0 Å². The molecule has 17 heavy (non-hydrogen) atoms. The molecule has 1 fully saturated rings. The summed E-state index contributed by atoms with van der Waals surface area (Å²) in [4.78, 5) is 0. The molecule has 0 aromatic heterocycles. The molecule has 102 valence electrons. The lowest BCUT2D eigenvalue weighted by atomic mass is 9.85. The second-order valence-electron chi connectivity index (χ2n) is 6.98. The molecule has 0 saturated heterocycles. The van der Waals surface area contributed by atoms with Crippen molar-refractivity contribution in [3.63, 3.8) is 0 Å². The second kappa shape index (κ2) is 6.75. The zero-order chi connectivity index (χ0) is 12.9. The van der Waals surface area contributed by atoms with Gasteiger partial charge in [-0.2, -0.15) is 0 Å². The van der Waals surface area contributed by atoms with Crippen LogP contribution in [0.2, 0.25) is 0 Å². The van der Waals surface area contributed by atoms with E-state index in [9.17, 15) is 5.11 Å². The summed E-state index contributed by atoms with van der Waals surface area (Å²) in [6, 6.07) is 0.624. The van der Waals surface area contributed by atoms with Crippen molar-refractivity contribution in [2.24, 2.45) is 11.3 Å². The highest BCUT2D eigenvalue weighted by Gasteiger charge is 2.24. The molecule has 2 N–H and O–H groups in total. The lowest BCUT2D eigenvalue weighted by molar-refractivity contribution is 0.141. The summed E-state index contributed by atoms with van der Waals surface area (Å²) >= 11 is 0. The maximum Gasteiger partial charge on any atom is 0.0667 e. The fourth-order valence-corrected chi connectivity index (χ4v) is 2.80. The van der Waals surface area contributed by atoms with E-state index in [4.69, 9.17) is 0 Å². The molecule has 2 unspecified atom stereocenters. The van der Waals surface area contributed by atoms with Crippen molar-refractivity contribution in [2.45, 2.75) is 78.4 Å². The van der Waals surface area contributed by atoms with Crippen LogP contribution in [0, 0.1) is 11.3 Å². The van der Waals surface area contributed by atoms with E-state index in [1.54, 1.807) is 0 Å². The minimum atomic E-state index is -0.175. The Bertz CT molecular complexity index is 213. The summed E-state index contributed by atoms with van der Waals surface area (Å²) in [5.41, 5.74) is 0.521. The Hall–Kier alpha value is -0.0800. The van der Waals surface area contributed by atoms with Crippen molar-refractivity contribution in [1.29, 1.82) is 0 Å². The first-order valence-electron chi connectivity index (χ1n) is 7.30. The Balaban J connectivity index is 2.23. The molecule has 0 radical (unpaired) electrons. The topological polar surface area (TPSA) is 32.3 Å². The van der Waals surface area contributed by atoms with Crippen molar-refractivity contribution < 1.29 is 5.11 Å². The van der Waals surface area contributed by atoms with Crippen LogP contribution in [-0.2, 0) is 0 Å². The quantitative estimate of drug-likeness (QED) is 0.724. The van der Waals surface area contributed by atoms with Crippen molar-refractivity contribution in [3.05, 3.63) is 0 Å². The van der Waals surface area contributed by atoms with E-state index >= 15 is 0 Å². The summed E-state index contributed by atoms with van der Waals surface area (Å²) < 4.78 is 0. The first-order valence-corrected chi connectivity index (χ1v) is 7.30. The minimum absolute atomic E-state index is 0.175. The van der Waals surface area contributed by atoms with Gasteiger partial charge in [0.15, 0.2) is 0 Å². The van der Waals surface area contributed by atoms with Gasteiger partial charge in [0.1, 0.15) is 0 Å². The van der Waals surface area contributed by atoms with Crippen LogP contribution in [0.1, 0.15) is 66.2 Å². The zero-order valence-electron chi connectivity index (χ0n) is 12.1. The van der Waals surface area contributed by atoms with Crippen molar-refractivity contribution >= 4 is 0 Å². The predicted molar refractivity (Wildman–Crippen MR) is 74.1 cm³/mol. The molecule has 0 amide bonds. The van der Waals surface area contributed by atoms with E-state index in [-0.39, 0.29) is 6.10 Å². The molecule has 1 aliphatic rings. The Morgan fingerprint density at radius 1 is 1.24 bits per heavy atom. The normalized spacial score (nSPS) is 26.8. The fraction of sp³-hybridized carbons (Fsp3) is 1.00. The number of aliphatic hydroxyl groups excluding tert-OH is 1. The lowest BCUT2D eigenvalue weighted by Gasteiger charge is -2.23. The van der Waals surface area contributed by atoms with Crippen LogP contribution in [0.25, 0.3) is 0 Å². The molecule has 0 spiro atoms. The molecule has 1 saturated carbocycles.